The van der Waals surface area contributed by atoms with Crippen molar-refractivity contribution in [1.82, 2.24) is 5.32 Å². The van der Waals surface area contributed by atoms with E-state index in [4.69, 9.17) is 0 Å². The molecule has 0 heterocycles. The lowest BCUT2D eigenvalue weighted by Crippen LogP contribution is -2.30. The summed E-state index contributed by atoms with van der Waals surface area (Å²) >= 11 is 0. The van der Waals surface area contributed by atoms with Gasteiger partial charge in [0.15, 0.2) is 0 Å². The largest absolute Gasteiger partial charge is 0.350 e. The van der Waals surface area contributed by atoms with Crippen molar-refractivity contribution >= 4 is 5.91 Å². The molecule has 2 nitrogen and oxygen atoms in total. The van der Waals surface area contributed by atoms with E-state index in [1.165, 1.54) is 0 Å². The minimum absolute atomic E-state index is 0. The number of allylic oxidation sites excluding steroid dienone is 1. The molecule has 0 saturated heterocycles. The fraction of sp³-hybridized carbons (Fsp3) is 0.700. The van der Waals surface area contributed by atoms with Crippen LogP contribution in [0.1, 0.15) is 42.5 Å². The van der Waals surface area contributed by atoms with Gasteiger partial charge in [0.05, 0.1) is 0 Å². The molecule has 0 aliphatic heterocycles. The maximum atomic E-state index is 11.0. The highest BCUT2D eigenvalue weighted by atomic mass is 16.1. The zero-order valence-electron chi connectivity index (χ0n) is 7.06. The molecule has 0 atom stereocenters. The zero-order valence-corrected chi connectivity index (χ0v) is 7.06. The van der Waals surface area contributed by atoms with Crippen molar-refractivity contribution in [1.29, 1.82) is 0 Å². The van der Waals surface area contributed by atoms with Crippen LogP contribution in [0.3, 0.4) is 0 Å². The first-order valence-electron chi connectivity index (χ1n) is 3.51. The van der Waals surface area contributed by atoms with Crippen molar-refractivity contribution in [3.63, 3.8) is 0 Å². The van der Waals surface area contributed by atoms with E-state index >= 15 is 0 Å². The van der Waals surface area contributed by atoms with E-state index in [2.05, 4.69) is 5.32 Å². The molecule has 0 fully saturated rings. The molecule has 74 valence electrons. The number of nitrogens with one attached hydrogen (secondary N) is 1. The molecule has 1 N–H and O–H groups in total. The Bertz CT molecular complexity index is 148. The second-order valence-corrected chi connectivity index (χ2v) is 2.60. The lowest BCUT2D eigenvalue weighted by Gasteiger charge is -2.07. The van der Waals surface area contributed by atoms with Crippen LogP contribution in [0.2, 0.25) is 0 Å². The summed E-state index contributed by atoms with van der Waals surface area (Å²) in [7, 11) is 0. The van der Waals surface area contributed by atoms with Crippen molar-refractivity contribution in [3.8, 4) is 0 Å². The van der Waals surface area contributed by atoms with E-state index in [1.54, 1.807) is 13.0 Å². The first kappa shape index (κ1) is 17.3. The van der Waals surface area contributed by atoms with E-state index in [1.807, 2.05) is 20.8 Å². The molecule has 0 aromatic rings. The van der Waals surface area contributed by atoms with E-state index in [0.29, 0.717) is 0 Å². The van der Waals surface area contributed by atoms with Crippen LogP contribution in [-0.2, 0) is 4.79 Å². The predicted molar refractivity (Wildman–Crippen MR) is 56.2 cm³/mol. The third kappa shape index (κ3) is 7.32. The molecule has 0 rings (SSSR count). The van der Waals surface area contributed by atoms with E-state index in [9.17, 15) is 4.79 Å². The summed E-state index contributed by atoms with van der Waals surface area (Å²) in [6.45, 7) is 7.55. The first-order chi connectivity index (χ1) is 4.57. The molecule has 0 unspecified atom stereocenters. The average Bonchev–Trinajstić information content (AvgIpc) is 1.85. The third-order valence-corrected chi connectivity index (χ3v) is 1.21. The molecule has 0 aromatic heterocycles. The fourth-order valence-electron chi connectivity index (χ4n) is 0.507. The van der Waals surface area contributed by atoms with Crippen LogP contribution in [0.5, 0.6) is 0 Å². The highest BCUT2D eigenvalue weighted by molar-refractivity contribution is 5.92. The number of amides is 1. The van der Waals surface area contributed by atoms with Crippen molar-refractivity contribution in [2.24, 2.45) is 0 Å². The van der Waals surface area contributed by atoms with E-state index in [-0.39, 0.29) is 26.8 Å². The first-order valence-corrected chi connectivity index (χ1v) is 3.51. The van der Waals surface area contributed by atoms with Gasteiger partial charge in [-0.2, -0.15) is 0 Å². The number of hydrogen-bond acceptors (Lipinski definition) is 1. The predicted octanol–water partition coefficient (Wildman–Crippen LogP) is 2.75. The Morgan fingerprint density at radius 2 is 1.75 bits per heavy atom. The average molecular weight is 173 g/mol. The molecule has 0 bridgehead atoms. The highest BCUT2D eigenvalue weighted by Crippen LogP contribution is 1.91. The van der Waals surface area contributed by atoms with Crippen molar-refractivity contribution < 1.29 is 4.79 Å². The number of rotatable bonds is 2. The zero-order chi connectivity index (χ0) is 8.15. The molecular formula is C10H23NO. The van der Waals surface area contributed by atoms with Gasteiger partial charge in [0.1, 0.15) is 0 Å². The topological polar surface area (TPSA) is 29.1 Å². The maximum absolute atomic E-state index is 11.0. The quantitative estimate of drug-likeness (QED) is 0.639. The minimum atomic E-state index is 0. The molecular weight excluding hydrogens is 150 g/mol. The summed E-state index contributed by atoms with van der Waals surface area (Å²) in [4.78, 5) is 11.0. The Morgan fingerprint density at radius 1 is 1.33 bits per heavy atom. The Morgan fingerprint density at radius 3 is 2.00 bits per heavy atom. The lowest BCUT2D eigenvalue weighted by molar-refractivity contribution is -0.117. The van der Waals surface area contributed by atoms with Gasteiger partial charge in [-0.25, -0.2) is 0 Å². The van der Waals surface area contributed by atoms with Gasteiger partial charge in [0, 0.05) is 11.6 Å². The minimum Gasteiger partial charge on any atom is -0.350 e. The lowest BCUT2D eigenvalue weighted by atomic mass is 10.2. The Hall–Kier alpha value is -0.790. The number of carbonyl (C=O) groups excluding carboxylic acids is 1. The molecule has 1 amide bonds. The second kappa shape index (κ2) is 8.31. The molecule has 0 saturated carbocycles. The third-order valence-electron chi connectivity index (χ3n) is 1.21. The summed E-state index contributed by atoms with van der Waals surface area (Å²) in [5, 5.41) is 2.79. The second-order valence-electron chi connectivity index (χ2n) is 2.60. The van der Waals surface area contributed by atoms with Crippen LogP contribution in [0.25, 0.3) is 0 Å². The Balaban J connectivity index is -0.000000405. The molecule has 0 aliphatic rings. The van der Waals surface area contributed by atoms with Gasteiger partial charge in [-0.15, -0.1) is 0 Å². The summed E-state index contributed by atoms with van der Waals surface area (Å²) in [5.41, 5.74) is 0.772. The van der Waals surface area contributed by atoms with Gasteiger partial charge < -0.3 is 5.32 Å². The van der Waals surface area contributed by atoms with Gasteiger partial charge >= 0.3 is 0 Å². The molecule has 12 heavy (non-hydrogen) atoms. The van der Waals surface area contributed by atoms with E-state index in [0.717, 1.165) is 5.57 Å². The number of carbonyl (C=O) groups is 1. The molecule has 2 heteroatoms. The van der Waals surface area contributed by atoms with Crippen molar-refractivity contribution in [2.75, 3.05) is 0 Å². The smallest absolute Gasteiger partial charge is 0.246 e. The van der Waals surface area contributed by atoms with Crippen LogP contribution in [0.4, 0.5) is 0 Å². The SMILES string of the molecule is C.C.CC=C(C)C(=O)NC(C)C. The molecule has 0 aromatic carbocycles. The Kier molecular flexibility index (Phi) is 12.0. The maximum Gasteiger partial charge on any atom is 0.246 e. The van der Waals surface area contributed by atoms with Crippen molar-refractivity contribution in [2.45, 2.75) is 48.6 Å². The summed E-state index contributed by atoms with van der Waals surface area (Å²) < 4.78 is 0. The molecule has 0 spiro atoms. The van der Waals surface area contributed by atoms with Gasteiger partial charge in [0.2, 0.25) is 5.91 Å². The van der Waals surface area contributed by atoms with Crippen LogP contribution in [0.15, 0.2) is 11.6 Å². The van der Waals surface area contributed by atoms with Crippen molar-refractivity contribution in [3.05, 3.63) is 11.6 Å². The summed E-state index contributed by atoms with van der Waals surface area (Å²) in [6, 6.07) is 0.224. The van der Waals surface area contributed by atoms with Crippen LogP contribution >= 0.6 is 0 Å². The normalized spacial score (nSPS) is 9.92. The van der Waals surface area contributed by atoms with Gasteiger partial charge in [-0.3, -0.25) is 4.79 Å². The molecule has 0 radical (unpaired) electrons. The van der Waals surface area contributed by atoms with Gasteiger partial charge in [-0.1, -0.05) is 20.9 Å². The Labute approximate surface area is 77.1 Å². The fourth-order valence-corrected chi connectivity index (χ4v) is 0.507. The monoisotopic (exact) mass is 173 g/mol. The highest BCUT2D eigenvalue weighted by Gasteiger charge is 2.02. The standard InChI is InChI=1S/C8H15NO.2CH4/c1-5-7(4)8(10)9-6(2)3;;/h5-6H,1-4H3,(H,9,10);2*1H4. The van der Waals surface area contributed by atoms with Crippen LogP contribution < -0.4 is 5.32 Å². The van der Waals surface area contributed by atoms with Gasteiger partial charge in [-0.05, 0) is 27.7 Å². The van der Waals surface area contributed by atoms with Crippen LogP contribution in [-0.4, -0.2) is 11.9 Å². The number of hydrogen-bond donors (Lipinski definition) is 1. The summed E-state index contributed by atoms with van der Waals surface area (Å²) in [6.07, 6.45) is 1.80. The van der Waals surface area contributed by atoms with Crippen LogP contribution in [0, 0.1) is 0 Å². The summed E-state index contributed by atoms with van der Waals surface area (Å²) in [5.74, 6) is 0.0255. The molecule has 0 aliphatic carbocycles. The van der Waals surface area contributed by atoms with Gasteiger partial charge in [0.25, 0.3) is 0 Å². The van der Waals surface area contributed by atoms with E-state index < -0.39 is 0 Å².